The second-order valence-electron chi connectivity index (χ2n) is 6.68. The fourth-order valence-electron chi connectivity index (χ4n) is 4.00. The highest BCUT2D eigenvalue weighted by Crippen LogP contribution is 2.49. The zero-order valence-corrected chi connectivity index (χ0v) is 16.4. The largest absolute Gasteiger partial charge is 0.493 e. The second-order valence-corrected chi connectivity index (χ2v) is 6.68. The molecular weight excluding hydrogens is 374 g/mol. The van der Waals surface area contributed by atoms with Crippen LogP contribution >= 0.6 is 0 Å². The number of anilines is 1. The Morgan fingerprint density at radius 1 is 0.931 bits per heavy atom. The van der Waals surface area contributed by atoms with Gasteiger partial charge in [0, 0.05) is 23.6 Å². The molecule has 0 saturated heterocycles. The van der Waals surface area contributed by atoms with Gasteiger partial charge in [-0.1, -0.05) is 24.3 Å². The van der Waals surface area contributed by atoms with E-state index in [1.807, 2.05) is 30.3 Å². The van der Waals surface area contributed by atoms with E-state index in [1.165, 1.54) is 21.3 Å². The van der Waals surface area contributed by atoms with Crippen molar-refractivity contribution in [2.45, 2.75) is 12.3 Å². The van der Waals surface area contributed by atoms with Gasteiger partial charge < -0.3 is 18.9 Å². The zero-order chi connectivity index (χ0) is 20.5. The zero-order valence-electron chi connectivity index (χ0n) is 16.4. The Labute approximate surface area is 168 Å². The lowest BCUT2D eigenvalue weighted by molar-refractivity contribution is -0.136. The Kier molecular flexibility index (Phi) is 4.88. The fourth-order valence-corrected chi connectivity index (χ4v) is 4.00. The van der Waals surface area contributed by atoms with Crippen LogP contribution in [-0.4, -0.2) is 39.8 Å². The van der Waals surface area contributed by atoms with Crippen LogP contribution in [0.3, 0.4) is 0 Å². The summed E-state index contributed by atoms with van der Waals surface area (Å²) in [6.07, 6.45) is 0.106. The molecule has 1 amide bonds. The molecule has 7 heteroatoms. The Hall–Kier alpha value is -3.48. The number of carbonyl (C=O) groups is 2. The minimum Gasteiger partial charge on any atom is -0.493 e. The van der Waals surface area contributed by atoms with E-state index >= 15 is 0 Å². The summed E-state index contributed by atoms with van der Waals surface area (Å²) >= 11 is 0. The number of hydrogen-bond acceptors (Lipinski definition) is 6. The van der Waals surface area contributed by atoms with Gasteiger partial charge in [-0.3, -0.25) is 9.69 Å². The summed E-state index contributed by atoms with van der Waals surface area (Å²) in [5, 5.41) is 0. The number of benzene rings is 2. The molecule has 0 fully saturated rings. The van der Waals surface area contributed by atoms with Gasteiger partial charge in [0.1, 0.15) is 6.61 Å². The quantitative estimate of drug-likeness (QED) is 0.725. The van der Waals surface area contributed by atoms with Crippen LogP contribution in [0, 0.1) is 0 Å². The van der Waals surface area contributed by atoms with Crippen molar-refractivity contribution in [3.05, 3.63) is 59.3 Å². The Morgan fingerprint density at radius 2 is 1.66 bits per heavy atom. The number of para-hydroxylation sites is 1. The molecule has 2 aliphatic rings. The van der Waals surface area contributed by atoms with Gasteiger partial charge in [0.2, 0.25) is 11.7 Å². The fraction of sp³-hybridized carbons (Fsp3) is 0.273. The molecule has 0 aliphatic carbocycles. The first-order valence-electron chi connectivity index (χ1n) is 9.17. The normalized spacial score (nSPS) is 18.4. The van der Waals surface area contributed by atoms with Crippen LogP contribution in [0.1, 0.15) is 17.9 Å². The highest BCUT2D eigenvalue weighted by Gasteiger charge is 2.44. The number of methoxy groups -OCH3 is 3. The maximum absolute atomic E-state index is 13.1. The first-order valence-corrected chi connectivity index (χ1v) is 9.17. The second kappa shape index (κ2) is 7.50. The molecule has 0 N–H and O–H groups in total. The molecule has 2 aliphatic heterocycles. The number of ether oxygens (including phenoxy) is 4. The van der Waals surface area contributed by atoms with Gasteiger partial charge in [-0.05, 0) is 18.2 Å². The third kappa shape index (κ3) is 2.99. The van der Waals surface area contributed by atoms with Crippen LogP contribution in [0.5, 0.6) is 17.2 Å². The molecule has 0 unspecified atom stereocenters. The van der Waals surface area contributed by atoms with Crippen molar-refractivity contribution in [2.75, 3.05) is 32.8 Å². The van der Waals surface area contributed by atoms with Crippen LogP contribution in [0.25, 0.3) is 0 Å². The van der Waals surface area contributed by atoms with Gasteiger partial charge in [0.25, 0.3) is 0 Å². The number of hydrogen-bond donors (Lipinski definition) is 0. The van der Waals surface area contributed by atoms with Gasteiger partial charge in [0.05, 0.1) is 32.6 Å². The number of amides is 1. The van der Waals surface area contributed by atoms with Crippen LogP contribution in [0.4, 0.5) is 5.69 Å². The van der Waals surface area contributed by atoms with Gasteiger partial charge in [-0.15, -0.1) is 0 Å². The monoisotopic (exact) mass is 395 g/mol. The number of carbonyl (C=O) groups excluding carboxylic acids is 2. The molecule has 4 rings (SSSR count). The number of esters is 1. The molecule has 7 nitrogen and oxygen atoms in total. The Balaban J connectivity index is 1.88. The molecule has 0 saturated carbocycles. The average molecular weight is 395 g/mol. The lowest BCUT2D eigenvalue weighted by atomic mass is 9.83. The lowest BCUT2D eigenvalue weighted by Gasteiger charge is -2.32. The molecule has 150 valence electrons. The summed E-state index contributed by atoms with van der Waals surface area (Å²) in [4.78, 5) is 27.3. The van der Waals surface area contributed by atoms with Gasteiger partial charge >= 0.3 is 5.97 Å². The smallest absolute Gasteiger partial charge is 0.336 e. The van der Waals surface area contributed by atoms with Crippen LogP contribution < -0.4 is 19.1 Å². The van der Waals surface area contributed by atoms with Crippen molar-refractivity contribution in [3.63, 3.8) is 0 Å². The SMILES string of the molecule is COc1ccc([C@H]2CC(=O)N(c3ccccc3)C3=C2C(=O)OC3)c(OC)c1OC. The van der Waals surface area contributed by atoms with E-state index in [0.717, 1.165) is 0 Å². The van der Waals surface area contributed by atoms with Crippen LogP contribution in [0.15, 0.2) is 53.7 Å². The molecule has 1 atom stereocenters. The average Bonchev–Trinajstić information content (AvgIpc) is 3.13. The highest BCUT2D eigenvalue weighted by molar-refractivity contribution is 6.06. The van der Waals surface area contributed by atoms with Crippen molar-refractivity contribution in [3.8, 4) is 17.2 Å². The maximum Gasteiger partial charge on any atom is 0.336 e. The third-order valence-electron chi connectivity index (χ3n) is 5.24. The number of rotatable bonds is 5. The molecule has 2 heterocycles. The lowest BCUT2D eigenvalue weighted by Crippen LogP contribution is -2.37. The van der Waals surface area contributed by atoms with Gasteiger partial charge in [-0.25, -0.2) is 4.79 Å². The van der Waals surface area contributed by atoms with E-state index in [4.69, 9.17) is 18.9 Å². The topological polar surface area (TPSA) is 74.3 Å². The van der Waals surface area contributed by atoms with Gasteiger partial charge in [-0.2, -0.15) is 0 Å². The van der Waals surface area contributed by atoms with Crippen molar-refractivity contribution in [1.82, 2.24) is 0 Å². The van der Waals surface area contributed by atoms with Crippen molar-refractivity contribution in [1.29, 1.82) is 0 Å². The van der Waals surface area contributed by atoms with E-state index in [-0.39, 0.29) is 18.9 Å². The standard InChI is InChI=1S/C22H21NO6/c1-26-17-10-9-14(20(27-2)21(17)28-3)15-11-18(24)23(13-7-5-4-6-8-13)16-12-29-22(25)19(15)16/h4-10,15H,11-12H2,1-3H3/t15-/m1/s1. The molecule has 2 aromatic rings. The maximum atomic E-state index is 13.1. The Bertz CT molecular complexity index is 998. The molecule has 0 bridgehead atoms. The number of nitrogens with zero attached hydrogens (tertiary/aromatic N) is 1. The predicted molar refractivity (Wildman–Crippen MR) is 105 cm³/mol. The Morgan fingerprint density at radius 3 is 2.31 bits per heavy atom. The summed E-state index contributed by atoms with van der Waals surface area (Å²) in [6, 6.07) is 12.8. The molecule has 0 spiro atoms. The molecule has 0 aromatic heterocycles. The molecule has 29 heavy (non-hydrogen) atoms. The predicted octanol–water partition coefficient (Wildman–Crippen LogP) is 3.04. The molecule has 2 aromatic carbocycles. The van der Waals surface area contributed by atoms with Crippen molar-refractivity contribution in [2.24, 2.45) is 0 Å². The van der Waals surface area contributed by atoms with E-state index < -0.39 is 11.9 Å². The highest BCUT2D eigenvalue weighted by atomic mass is 16.5. The molecular formula is C22H21NO6. The van der Waals surface area contributed by atoms with Crippen LogP contribution in [0.2, 0.25) is 0 Å². The minimum absolute atomic E-state index is 0.0565. The number of cyclic esters (lactones) is 1. The summed E-state index contributed by atoms with van der Waals surface area (Å²) < 4.78 is 21.7. The van der Waals surface area contributed by atoms with E-state index in [0.29, 0.717) is 39.8 Å². The van der Waals surface area contributed by atoms with Crippen molar-refractivity contribution >= 4 is 17.6 Å². The third-order valence-corrected chi connectivity index (χ3v) is 5.24. The van der Waals surface area contributed by atoms with Crippen molar-refractivity contribution < 1.29 is 28.5 Å². The summed E-state index contributed by atoms with van der Waals surface area (Å²) in [5.41, 5.74) is 2.43. The summed E-state index contributed by atoms with van der Waals surface area (Å²) in [5.74, 6) is 0.320. The first-order chi connectivity index (χ1) is 14.1. The first kappa shape index (κ1) is 18.9. The van der Waals surface area contributed by atoms with Gasteiger partial charge in [0.15, 0.2) is 11.5 Å². The molecule has 0 radical (unpaired) electrons. The summed E-state index contributed by atoms with van der Waals surface area (Å²) in [6.45, 7) is 0.0565. The minimum atomic E-state index is -0.498. The summed E-state index contributed by atoms with van der Waals surface area (Å²) in [7, 11) is 4.57. The van der Waals surface area contributed by atoms with Crippen LogP contribution in [-0.2, 0) is 14.3 Å². The van der Waals surface area contributed by atoms with E-state index in [1.54, 1.807) is 17.0 Å². The van der Waals surface area contributed by atoms with E-state index in [9.17, 15) is 9.59 Å². The van der Waals surface area contributed by atoms with E-state index in [2.05, 4.69) is 0 Å².